The summed E-state index contributed by atoms with van der Waals surface area (Å²) in [6, 6.07) is -0.434. The van der Waals surface area contributed by atoms with E-state index in [1.165, 1.54) is 11.6 Å². The van der Waals surface area contributed by atoms with Crippen molar-refractivity contribution < 1.29 is 13.8 Å². The molecule has 6 rings (SSSR count). The molecule has 1 aliphatic carbocycles. The van der Waals surface area contributed by atoms with Gasteiger partial charge in [-0.25, -0.2) is 28.5 Å². The molecule has 0 aromatic carbocycles. The number of nitrogens with one attached hydrogen (secondary N) is 2. The van der Waals surface area contributed by atoms with E-state index in [4.69, 9.17) is 0 Å². The van der Waals surface area contributed by atoms with Crippen molar-refractivity contribution in [2.75, 3.05) is 29.4 Å². The molecule has 216 valence electrons. The number of allylic oxidation sites excluding steroid dienone is 2. The van der Waals surface area contributed by atoms with Crippen LogP contribution in [-0.2, 0) is 14.1 Å². The Labute approximate surface area is 234 Å². The Bertz CT molecular complexity index is 1630. The van der Waals surface area contributed by atoms with E-state index in [0.29, 0.717) is 28.6 Å². The van der Waals surface area contributed by atoms with E-state index in [-0.39, 0.29) is 30.4 Å². The monoisotopic (exact) mass is 567 g/mol. The summed E-state index contributed by atoms with van der Waals surface area (Å²) in [5.74, 6) is -3.04. The highest BCUT2D eigenvalue weighted by Crippen LogP contribution is 2.59. The molecule has 2 N–H and O–H groups in total. The molecule has 2 fully saturated rings. The van der Waals surface area contributed by atoms with Crippen LogP contribution >= 0.6 is 0 Å². The maximum Gasteiger partial charge on any atom is 0.331 e. The van der Waals surface area contributed by atoms with Crippen LogP contribution in [0, 0.1) is 17.0 Å². The molecule has 0 spiro atoms. The Hall–Kier alpha value is -4.17. The number of piperidine rings is 1. The van der Waals surface area contributed by atoms with E-state index in [1.807, 2.05) is 6.92 Å². The Kier molecular flexibility index (Phi) is 6.05. The Morgan fingerprint density at radius 2 is 1.85 bits per heavy atom. The van der Waals surface area contributed by atoms with E-state index in [2.05, 4.69) is 26.9 Å². The highest BCUT2D eigenvalue weighted by atomic mass is 19.3. The third kappa shape index (κ3) is 4.20. The number of quaternary nitrogens is 1. The van der Waals surface area contributed by atoms with E-state index in [9.17, 15) is 23.6 Å². The number of hydrogen-bond donors (Lipinski definition) is 2. The zero-order valence-electron chi connectivity index (χ0n) is 23.1. The number of rotatable bonds is 6. The normalized spacial score (nSPS) is 27.2. The number of fused-ring (bicyclic) bond motifs is 2. The number of aromatic nitrogens is 4. The molecule has 14 heteroatoms. The predicted octanol–water partition coefficient (Wildman–Crippen LogP) is -0.0267. The van der Waals surface area contributed by atoms with Gasteiger partial charge in [-0.05, 0) is 18.6 Å². The lowest BCUT2D eigenvalue weighted by Crippen LogP contribution is -3.16. The van der Waals surface area contributed by atoms with E-state index < -0.39 is 40.7 Å². The van der Waals surface area contributed by atoms with Crippen LogP contribution < -0.4 is 31.4 Å². The van der Waals surface area contributed by atoms with Crippen LogP contribution in [-0.4, -0.2) is 62.2 Å². The van der Waals surface area contributed by atoms with Crippen molar-refractivity contribution in [2.45, 2.75) is 31.5 Å². The fourth-order valence-corrected chi connectivity index (χ4v) is 5.86. The molecule has 0 amide bonds. The third-order valence-electron chi connectivity index (χ3n) is 8.53. The summed E-state index contributed by atoms with van der Waals surface area (Å²) in [5.41, 5.74) is -0.346. The van der Waals surface area contributed by atoms with E-state index >= 15 is 0 Å². The molecule has 0 bridgehead atoms. The van der Waals surface area contributed by atoms with Crippen LogP contribution in [0.5, 0.6) is 0 Å². The Morgan fingerprint density at radius 3 is 2.51 bits per heavy atom. The fourth-order valence-electron chi connectivity index (χ4n) is 5.86. The van der Waals surface area contributed by atoms with Gasteiger partial charge in [0, 0.05) is 65.0 Å². The van der Waals surface area contributed by atoms with Crippen LogP contribution in [0.15, 0.2) is 58.1 Å². The third-order valence-corrected chi connectivity index (χ3v) is 8.53. The molecular weight excluding hydrogens is 536 g/mol. The highest BCUT2D eigenvalue weighted by molar-refractivity contribution is 5.99. The second-order valence-electron chi connectivity index (χ2n) is 11.3. The Morgan fingerprint density at radius 1 is 1.20 bits per heavy atom. The van der Waals surface area contributed by atoms with Gasteiger partial charge in [0.25, 0.3) is 11.5 Å². The number of amidine groups is 1. The summed E-state index contributed by atoms with van der Waals surface area (Å²) in [6.45, 7) is 8.03. The second-order valence-corrected chi connectivity index (χ2v) is 11.3. The lowest BCUT2D eigenvalue weighted by Gasteiger charge is -2.41. The smallest absolute Gasteiger partial charge is 0.331 e. The minimum atomic E-state index is -2.58. The van der Waals surface area contributed by atoms with E-state index in [0.717, 1.165) is 4.57 Å². The molecular formula is C27H31F2N9O3. The lowest BCUT2D eigenvalue weighted by atomic mass is 10.1. The summed E-state index contributed by atoms with van der Waals surface area (Å²) < 4.78 is 29.5. The van der Waals surface area contributed by atoms with E-state index in [1.54, 1.807) is 60.7 Å². The van der Waals surface area contributed by atoms with Crippen molar-refractivity contribution in [3.05, 3.63) is 80.8 Å². The van der Waals surface area contributed by atoms with Gasteiger partial charge in [0.15, 0.2) is 0 Å². The molecule has 5 unspecified atom stereocenters. The molecule has 2 aromatic rings. The zero-order valence-corrected chi connectivity index (χ0v) is 23.1. The molecule has 1 saturated carbocycles. The number of anilines is 2. The maximum absolute atomic E-state index is 13.6. The lowest BCUT2D eigenvalue weighted by molar-refractivity contribution is -0.894. The van der Waals surface area contributed by atoms with Gasteiger partial charge in [-0.15, -0.1) is 0 Å². The highest BCUT2D eigenvalue weighted by Gasteiger charge is 2.72. The molecule has 41 heavy (non-hydrogen) atoms. The first-order valence-corrected chi connectivity index (χ1v) is 13.3. The van der Waals surface area contributed by atoms with Crippen LogP contribution in [0.3, 0.4) is 0 Å². The minimum absolute atomic E-state index is 0.0528. The maximum atomic E-state index is 13.6. The molecule has 5 atom stereocenters. The molecule has 5 heterocycles. The van der Waals surface area contributed by atoms with Gasteiger partial charge in [-0.3, -0.25) is 13.9 Å². The number of hydroxylamine groups is 2. The molecule has 1 saturated heterocycles. The number of alkyl halides is 2. The van der Waals surface area contributed by atoms with Crippen molar-refractivity contribution in [1.29, 1.82) is 0 Å². The van der Waals surface area contributed by atoms with Crippen molar-refractivity contribution in [3.63, 3.8) is 0 Å². The van der Waals surface area contributed by atoms with Crippen molar-refractivity contribution in [1.82, 2.24) is 24.4 Å². The van der Waals surface area contributed by atoms with Crippen molar-refractivity contribution >= 4 is 23.0 Å². The molecule has 4 aliphatic rings. The molecule has 0 radical (unpaired) electrons. The Balaban J connectivity index is 1.19. The van der Waals surface area contributed by atoms with Crippen LogP contribution in [0.25, 0.3) is 5.57 Å². The average molecular weight is 568 g/mol. The topological polar surface area (TPSA) is 128 Å². The SMILES string of the molecule is C=C1C=CN(C(C)C[NH+]([O-])C2(C)C=CNC(c3cnc(N4CC5C(C4)C5(F)F)nc3)=N2)c2c1n(C)c(=O)n(C)c2=O. The van der Waals surface area contributed by atoms with Crippen LogP contribution in [0.2, 0.25) is 0 Å². The summed E-state index contributed by atoms with van der Waals surface area (Å²) in [4.78, 5) is 42.5. The van der Waals surface area contributed by atoms with Gasteiger partial charge in [-0.2, -0.15) is 0 Å². The molecule has 2 aromatic heterocycles. The van der Waals surface area contributed by atoms with Crippen LogP contribution in [0.1, 0.15) is 25.1 Å². The van der Waals surface area contributed by atoms with Crippen molar-refractivity contribution in [2.24, 2.45) is 30.9 Å². The first-order chi connectivity index (χ1) is 19.3. The summed E-state index contributed by atoms with van der Waals surface area (Å²) in [7, 11) is 3.00. The minimum Gasteiger partial charge on any atom is -0.632 e. The van der Waals surface area contributed by atoms with Gasteiger partial charge in [0.05, 0.1) is 35.7 Å². The first kappa shape index (κ1) is 27.0. The molecule has 3 aliphatic heterocycles. The zero-order chi connectivity index (χ0) is 29.4. The largest absolute Gasteiger partial charge is 0.632 e. The number of nitrogens with zero attached hydrogens (tertiary/aromatic N) is 7. The number of halogens is 2. The van der Waals surface area contributed by atoms with Gasteiger partial charge in [0.1, 0.15) is 11.5 Å². The number of aliphatic imine (C=N–C) groups is 1. The predicted molar refractivity (Wildman–Crippen MR) is 150 cm³/mol. The van der Waals surface area contributed by atoms with Gasteiger partial charge >= 0.3 is 5.69 Å². The van der Waals surface area contributed by atoms with Gasteiger partial charge < -0.3 is 25.4 Å². The first-order valence-electron chi connectivity index (χ1n) is 13.3. The average Bonchev–Trinajstić information content (AvgIpc) is 3.26. The van der Waals surface area contributed by atoms with Crippen LogP contribution in [0.4, 0.5) is 20.4 Å². The van der Waals surface area contributed by atoms with Gasteiger partial charge in [0.2, 0.25) is 11.6 Å². The summed E-state index contributed by atoms with van der Waals surface area (Å²) in [6.07, 6.45) is 9.85. The second kappa shape index (κ2) is 9.17. The standard InChI is InChI=1S/C27H31F2N9O3/c1-15-6-9-37(21-20(15)34(4)25(40)35(5)23(21)39)16(2)12-38(41)26(3)7-8-30-22(33-26)17-10-31-24(32-11-17)36-13-18-19(14-36)27(18,28)29/h6-11,16,18-19,38H,1,12-14H2,2-5H3,(H,30,33). The van der Waals surface area contributed by atoms with Crippen molar-refractivity contribution in [3.8, 4) is 0 Å². The summed E-state index contributed by atoms with van der Waals surface area (Å²) >= 11 is 0. The molecule has 12 nitrogen and oxygen atoms in total. The summed E-state index contributed by atoms with van der Waals surface area (Å²) in [5, 5.41) is 16.5. The van der Waals surface area contributed by atoms with Gasteiger partial charge in [-0.1, -0.05) is 6.58 Å². The fraction of sp³-hybridized carbons (Fsp3) is 0.444. The quantitative estimate of drug-likeness (QED) is 0.466. The number of hydrogen-bond acceptors (Lipinski definition) is 9.